The Labute approximate surface area is 114 Å². The van der Waals surface area contributed by atoms with Gasteiger partial charge in [0.25, 0.3) is 11.5 Å². The van der Waals surface area contributed by atoms with Gasteiger partial charge in [0, 0.05) is 25.0 Å². The van der Waals surface area contributed by atoms with Crippen LogP contribution in [0.2, 0.25) is 0 Å². The number of hydrogen-bond acceptors (Lipinski definition) is 3. The summed E-state index contributed by atoms with van der Waals surface area (Å²) in [6.07, 6.45) is 2.86. The van der Waals surface area contributed by atoms with E-state index < -0.39 is 0 Å². The molecule has 2 N–H and O–H groups in total. The molecule has 0 radical (unpaired) electrons. The SMILES string of the molecule is O=C(NCc1ccccc1)c1c[nH]n2c(=O)ccnc12. The molecule has 0 saturated heterocycles. The molecule has 3 aromatic rings. The van der Waals surface area contributed by atoms with Crippen LogP contribution in [0.4, 0.5) is 0 Å². The molecular weight excluding hydrogens is 256 g/mol. The van der Waals surface area contributed by atoms with E-state index in [-0.39, 0.29) is 11.5 Å². The Morgan fingerprint density at radius 1 is 1.25 bits per heavy atom. The molecule has 0 aliphatic rings. The summed E-state index contributed by atoms with van der Waals surface area (Å²) < 4.78 is 1.23. The maximum Gasteiger partial charge on any atom is 0.272 e. The van der Waals surface area contributed by atoms with Gasteiger partial charge in [-0.2, -0.15) is 0 Å². The van der Waals surface area contributed by atoms with Crippen LogP contribution < -0.4 is 10.9 Å². The minimum Gasteiger partial charge on any atom is -0.348 e. The number of aromatic amines is 1. The maximum atomic E-state index is 12.1. The van der Waals surface area contributed by atoms with Gasteiger partial charge in [0.2, 0.25) is 0 Å². The van der Waals surface area contributed by atoms with Gasteiger partial charge in [0.05, 0.1) is 0 Å². The standard InChI is InChI=1S/C14H12N4O2/c19-12-6-7-15-13-11(9-17-18(12)13)14(20)16-8-10-4-2-1-3-5-10/h1-7,9,17H,8H2,(H,16,20). The summed E-state index contributed by atoms with van der Waals surface area (Å²) in [5.74, 6) is -0.272. The Kier molecular flexibility index (Phi) is 3.04. The van der Waals surface area contributed by atoms with Gasteiger partial charge in [-0.1, -0.05) is 30.3 Å². The Morgan fingerprint density at radius 2 is 2.05 bits per heavy atom. The Morgan fingerprint density at radius 3 is 2.85 bits per heavy atom. The molecule has 0 saturated carbocycles. The zero-order chi connectivity index (χ0) is 13.9. The van der Waals surface area contributed by atoms with E-state index in [1.807, 2.05) is 30.3 Å². The van der Waals surface area contributed by atoms with Crippen LogP contribution in [0.3, 0.4) is 0 Å². The lowest BCUT2D eigenvalue weighted by Gasteiger charge is -2.03. The van der Waals surface area contributed by atoms with E-state index in [0.717, 1.165) is 5.56 Å². The molecule has 0 fully saturated rings. The van der Waals surface area contributed by atoms with Crippen molar-refractivity contribution in [3.8, 4) is 0 Å². The Hall–Kier alpha value is -2.89. The van der Waals surface area contributed by atoms with Crippen molar-refractivity contribution < 1.29 is 4.79 Å². The van der Waals surface area contributed by atoms with E-state index in [2.05, 4.69) is 15.4 Å². The van der Waals surface area contributed by atoms with Crippen LogP contribution in [0.1, 0.15) is 15.9 Å². The smallest absolute Gasteiger partial charge is 0.272 e. The molecule has 100 valence electrons. The predicted octanol–water partition coefficient (Wildman–Crippen LogP) is 0.953. The highest BCUT2D eigenvalue weighted by Gasteiger charge is 2.13. The summed E-state index contributed by atoms with van der Waals surface area (Å²) in [4.78, 5) is 27.7. The molecule has 6 nitrogen and oxygen atoms in total. The third-order valence-electron chi connectivity index (χ3n) is 2.97. The lowest BCUT2D eigenvalue weighted by atomic mass is 10.2. The second-order valence-electron chi connectivity index (χ2n) is 4.30. The molecular formula is C14H12N4O2. The summed E-state index contributed by atoms with van der Waals surface area (Å²) >= 11 is 0. The van der Waals surface area contributed by atoms with Crippen molar-refractivity contribution in [2.24, 2.45) is 0 Å². The molecule has 2 heterocycles. The van der Waals surface area contributed by atoms with E-state index in [1.165, 1.54) is 23.0 Å². The third kappa shape index (κ3) is 2.18. The van der Waals surface area contributed by atoms with Crippen LogP contribution in [-0.4, -0.2) is 20.5 Å². The molecule has 0 spiro atoms. The van der Waals surface area contributed by atoms with Crippen LogP contribution in [0, 0.1) is 0 Å². The van der Waals surface area contributed by atoms with Crippen LogP contribution in [-0.2, 0) is 6.54 Å². The van der Waals surface area contributed by atoms with Gasteiger partial charge in [-0.3, -0.25) is 14.7 Å². The number of nitrogens with zero attached hydrogens (tertiary/aromatic N) is 2. The quantitative estimate of drug-likeness (QED) is 0.742. The van der Waals surface area contributed by atoms with Crippen molar-refractivity contribution in [3.63, 3.8) is 0 Å². The average Bonchev–Trinajstić information content (AvgIpc) is 2.91. The first-order valence-corrected chi connectivity index (χ1v) is 6.13. The number of carbonyl (C=O) groups excluding carboxylic acids is 1. The number of hydrogen-bond donors (Lipinski definition) is 2. The molecule has 0 unspecified atom stereocenters. The summed E-state index contributed by atoms with van der Waals surface area (Å²) in [5.41, 5.74) is 1.42. The fourth-order valence-electron chi connectivity index (χ4n) is 1.96. The van der Waals surface area contributed by atoms with Crippen molar-refractivity contribution in [3.05, 3.63) is 70.3 Å². The summed E-state index contributed by atoms with van der Waals surface area (Å²) in [7, 11) is 0. The van der Waals surface area contributed by atoms with Crippen LogP contribution in [0.15, 0.2) is 53.6 Å². The number of aromatic nitrogens is 3. The molecule has 0 atom stereocenters. The molecule has 0 aliphatic heterocycles. The molecule has 0 aliphatic carbocycles. The van der Waals surface area contributed by atoms with Crippen LogP contribution >= 0.6 is 0 Å². The second kappa shape index (κ2) is 5.00. The highest BCUT2D eigenvalue weighted by Crippen LogP contribution is 2.05. The molecule has 6 heteroatoms. The Bertz CT molecular complexity index is 805. The first kappa shape index (κ1) is 12.2. The number of rotatable bonds is 3. The highest BCUT2D eigenvalue weighted by molar-refractivity contribution is 5.99. The minimum absolute atomic E-state index is 0.253. The molecule has 2 aromatic heterocycles. The van der Waals surface area contributed by atoms with Gasteiger partial charge < -0.3 is 5.32 Å². The second-order valence-corrected chi connectivity index (χ2v) is 4.30. The number of fused-ring (bicyclic) bond motifs is 1. The lowest BCUT2D eigenvalue weighted by molar-refractivity contribution is 0.0952. The minimum atomic E-state index is -0.272. The zero-order valence-corrected chi connectivity index (χ0v) is 10.5. The number of carbonyl (C=O) groups is 1. The van der Waals surface area contributed by atoms with E-state index >= 15 is 0 Å². The van der Waals surface area contributed by atoms with E-state index in [9.17, 15) is 9.59 Å². The molecule has 0 bridgehead atoms. The van der Waals surface area contributed by atoms with Crippen molar-refractivity contribution in [2.45, 2.75) is 6.54 Å². The summed E-state index contributed by atoms with van der Waals surface area (Å²) in [6.45, 7) is 0.425. The number of benzene rings is 1. The van der Waals surface area contributed by atoms with E-state index in [1.54, 1.807) is 0 Å². The fraction of sp³-hybridized carbons (Fsp3) is 0.0714. The highest BCUT2D eigenvalue weighted by atomic mass is 16.2. The topological polar surface area (TPSA) is 79.3 Å². The van der Waals surface area contributed by atoms with Crippen molar-refractivity contribution in [1.29, 1.82) is 0 Å². The average molecular weight is 268 g/mol. The Balaban J connectivity index is 1.83. The van der Waals surface area contributed by atoms with E-state index in [0.29, 0.717) is 17.8 Å². The lowest BCUT2D eigenvalue weighted by Crippen LogP contribution is -2.23. The van der Waals surface area contributed by atoms with Gasteiger partial charge in [-0.25, -0.2) is 9.50 Å². The summed E-state index contributed by atoms with van der Waals surface area (Å²) in [5, 5.41) is 5.52. The number of nitrogens with one attached hydrogen (secondary N) is 2. The van der Waals surface area contributed by atoms with Crippen molar-refractivity contribution >= 4 is 11.6 Å². The molecule has 3 rings (SSSR count). The fourth-order valence-corrected chi connectivity index (χ4v) is 1.96. The molecule has 1 aromatic carbocycles. The van der Waals surface area contributed by atoms with Crippen LogP contribution in [0.5, 0.6) is 0 Å². The number of amides is 1. The first-order chi connectivity index (χ1) is 9.75. The zero-order valence-electron chi connectivity index (χ0n) is 10.5. The molecule has 20 heavy (non-hydrogen) atoms. The van der Waals surface area contributed by atoms with Gasteiger partial charge in [0.15, 0.2) is 5.65 Å². The molecule has 1 amide bonds. The van der Waals surface area contributed by atoms with Gasteiger partial charge in [-0.15, -0.1) is 0 Å². The van der Waals surface area contributed by atoms with Crippen LogP contribution in [0.25, 0.3) is 5.65 Å². The number of H-pyrrole nitrogens is 1. The third-order valence-corrected chi connectivity index (χ3v) is 2.97. The normalized spacial score (nSPS) is 10.6. The van der Waals surface area contributed by atoms with Crippen molar-refractivity contribution in [1.82, 2.24) is 19.9 Å². The predicted molar refractivity (Wildman–Crippen MR) is 73.4 cm³/mol. The monoisotopic (exact) mass is 268 g/mol. The van der Waals surface area contributed by atoms with Gasteiger partial charge >= 0.3 is 0 Å². The van der Waals surface area contributed by atoms with Crippen molar-refractivity contribution in [2.75, 3.05) is 0 Å². The largest absolute Gasteiger partial charge is 0.348 e. The van der Waals surface area contributed by atoms with Gasteiger partial charge in [0.1, 0.15) is 5.56 Å². The summed E-state index contributed by atoms with van der Waals surface area (Å²) in [6, 6.07) is 10.9. The first-order valence-electron chi connectivity index (χ1n) is 6.13. The van der Waals surface area contributed by atoms with Gasteiger partial charge in [-0.05, 0) is 5.56 Å². The van der Waals surface area contributed by atoms with E-state index in [4.69, 9.17) is 0 Å². The maximum absolute atomic E-state index is 12.1.